The van der Waals surface area contributed by atoms with Gasteiger partial charge in [0.1, 0.15) is 11.6 Å². The van der Waals surface area contributed by atoms with Crippen LogP contribution in [-0.4, -0.2) is 57.5 Å². The molecule has 0 spiro atoms. The second-order valence-electron chi connectivity index (χ2n) is 13.1. The predicted molar refractivity (Wildman–Crippen MR) is 200 cm³/mol. The third-order valence-corrected chi connectivity index (χ3v) is 10.4. The summed E-state index contributed by atoms with van der Waals surface area (Å²) in [6.07, 6.45) is 3.80. The maximum Gasteiger partial charge on any atom is 0.291 e. The van der Waals surface area contributed by atoms with Gasteiger partial charge in [-0.05, 0) is 42.3 Å². The molecule has 3 aromatic carbocycles. The fraction of sp³-hybridized carbons (Fsp3) is 0.282. The van der Waals surface area contributed by atoms with E-state index in [0.717, 1.165) is 47.5 Å². The number of imidazole rings is 1. The summed E-state index contributed by atoms with van der Waals surface area (Å²) in [6, 6.07) is 19.7. The topological polar surface area (TPSA) is 113 Å². The number of halogens is 3. The van der Waals surface area contributed by atoms with Gasteiger partial charge in [-0.3, -0.25) is 19.5 Å². The number of carbonyl (C=O) groups excluding carboxylic acids is 2. The minimum Gasteiger partial charge on any atom is -0.496 e. The van der Waals surface area contributed by atoms with Crippen LogP contribution in [0.2, 0.25) is 10.0 Å². The smallest absolute Gasteiger partial charge is 0.291 e. The fourth-order valence-electron chi connectivity index (χ4n) is 6.89. The molecule has 13 heteroatoms. The van der Waals surface area contributed by atoms with E-state index in [9.17, 15) is 14.0 Å². The first-order valence-corrected chi connectivity index (χ1v) is 17.9. The number of benzene rings is 3. The third-order valence-electron chi connectivity index (χ3n) is 9.64. The standard InChI is InChI=1S/C39H38Cl2FN7O3/c1-48-32-15-17-49(21-23-6-10-26(42)11-7-23)22-31(32)46-38(48)39(51)47-30-5-3-4-28(35(30)40)29-14-16-44-37(36(29)41)24-8-9-25(33(18-24)52-2)19-43-20-27-12-13-34(50)45-27/h3-11,14,16,18,27,43H,12-13,15,17,19-22H2,1-2H3,(H,45,50)(H,47,51)/t27-/m0/s1. The van der Waals surface area contributed by atoms with Crippen molar-refractivity contribution >= 4 is 40.7 Å². The molecule has 1 fully saturated rings. The van der Waals surface area contributed by atoms with Crippen molar-refractivity contribution in [2.45, 2.75) is 44.9 Å². The Labute approximate surface area is 311 Å². The van der Waals surface area contributed by atoms with Gasteiger partial charge in [-0.2, -0.15) is 0 Å². The Bertz CT molecular complexity index is 2140. The monoisotopic (exact) mass is 741 g/mol. The summed E-state index contributed by atoms with van der Waals surface area (Å²) in [5.74, 6) is 0.428. The SMILES string of the molecule is COc1cc(-c2nccc(-c3cccc(NC(=O)c4nc5c(n4C)CCN(Cc4ccc(F)cc4)C5)c3Cl)c2Cl)ccc1CNC[C@@H]1CCC(=O)N1. The van der Waals surface area contributed by atoms with Crippen LogP contribution in [0, 0.1) is 5.82 Å². The summed E-state index contributed by atoms with van der Waals surface area (Å²) in [5.41, 5.74) is 6.88. The number of amides is 2. The largest absolute Gasteiger partial charge is 0.496 e. The lowest BCUT2D eigenvalue weighted by Crippen LogP contribution is -2.35. The summed E-state index contributed by atoms with van der Waals surface area (Å²) in [6.45, 7) is 3.29. The van der Waals surface area contributed by atoms with E-state index < -0.39 is 0 Å². The number of methoxy groups -OCH3 is 1. The van der Waals surface area contributed by atoms with Crippen LogP contribution < -0.4 is 20.7 Å². The quantitative estimate of drug-likeness (QED) is 0.137. The summed E-state index contributed by atoms with van der Waals surface area (Å²) in [5, 5.41) is 10.1. The molecule has 0 unspecified atom stereocenters. The zero-order valence-electron chi connectivity index (χ0n) is 28.8. The molecule has 52 heavy (non-hydrogen) atoms. The maximum absolute atomic E-state index is 13.6. The molecule has 1 atom stereocenters. The van der Waals surface area contributed by atoms with Crippen LogP contribution in [0.5, 0.6) is 5.75 Å². The van der Waals surface area contributed by atoms with Crippen molar-refractivity contribution in [1.82, 2.24) is 30.1 Å². The highest BCUT2D eigenvalue weighted by Gasteiger charge is 2.26. The van der Waals surface area contributed by atoms with Gasteiger partial charge < -0.3 is 25.3 Å². The molecule has 7 rings (SSSR count). The second-order valence-corrected chi connectivity index (χ2v) is 13.8. The van der Waals surface area contributed by atoms with Crippen LogP contribution in [0.25, 0.3) is 22.4 Å². The van der Waals surface area contributed by atoms with Crippen molar-refractivity contribution in [3.63, 3.8) is 0 Å². The minimum atomic E-state index is -0.378. The summed E-state index contributed by atoms with van der Waals surface area (Å²) in [7, 11) is 3.47. The van der Waals surface area contributed by atoms with Gasteiger partial charge in [0.2, 0.25) is 5.91 Å². The Balaban J connectivity index is 1.06. The first-order chi connectivity index (χ1) is 25.2. The third kappa shape index (κ3) is 7.54. The van der Waals surface area contributed by atoms with Gasteiger partial charge in [-0.15, -0.1) is 0 Å². The number of aromatic nitrogens is 3. The van der Waals surface area contributed by atoms with Gasteiger partial charge in [0.05, 0.1) is 34.2 Å². The van der Waals surface area contributed by atoms with Crippen LogP contribution in [0.15, 0.2) is 72.9 Å². The molecule has 2 aromatic heterocycles. The van der Waals surface area contributed by atoms with Crippen molar-refractivity contribution in [2.24, 2.45) is 7.05 Å². The number of ether oxygens (including phenoxy) is 1. The number of fused-ring (bicyclic) bond motifs is 1. The molecular weight excluding hydrogens is 704 g/mol. The zero-order valence-corrected chi connectivity index (χ0v) is 30.3. The molecule has 1 saturated heterocycles. The van der Waals surface area contributed by atoms with E-state index in [1.807, 2.05) is 41.9 Å². The van der Waals surface area contributed by atoms with Crippen molar-refractivity contribution in [3.8, 4) is 28.1 Å². The van der Waals surface area contributed by atoms with Crippen LogP contribution in [0.4, 0.5) is 10.1 Å². The molecule has 2 aliphatic rings. The Morgan fingerprint density at radius 3 is 2.63 bits per heavy atom. The van der Waals surface area contributed by atoms with Gasteiger partial charge in [0, 0.05) is 92.8 Å². The van der Waals surface area contributed by atoms with Crippen molar-refractivity contribution in [3.05, 3.63) is 117 Å². The summed E-state index contributed by atoms with van der Waals surface area (Å²) >= 11 is 14.0. The lowest BCUT2D eigenvalue weighted by Gasteiger charge is -2.26. The van der Waals surface area contributed by atoms with Crippen LogP contribution in [0.3, 0.4) is 0 Å². The number of nitrogens with one attached hydrogen (secondary N) is 3. The molecule has 0 bridgehead atoms. The normalized spacial score (nSPS) is 15.7. The van der Waals surface area contributed by atoms with E-state index >= 15 is 0 Å². The van der Waals surface area contributed by atoms with Crippen LogP contribution in [0.1, 0.15) is 46.0 Å². The highest BCUT2D eigenvalue weighted by Crippen LogP contribution is 2.41. The van der Waals surface area contributed by atoms with Gasteiger partial charge in [-0.1, -0.05) is 59.6 Å². The Hall–Kier alpha value is -4.81. The fourth-order valence-corrected chi connectivity index (χ4v) is 7.48. The minimum absolute atomic E-state index is 0.0923. The summed E-state index contributed by atoms with van der Waals surface area (Å²) < 4.78 is 20.9. The molecule has 0 saturated carbocycles. The maximum atomic E-state index is 13.6. The Morgan fingerprint density at radius 2 is 1.87 bits per heavy atom. The Morgan fingerprint density at radius 1 is 1.06 bits per heavy atom. The van der Waals surface area contributed by atoms with Crippen molar-refractivity contribution < 1.29 is 18.7 Å². The molecule has 3 N–H and O–H groups in total. The number of anilines is 1. The number of carbonyl (C=O) groups is 2. The van der Waals surface area contributed by atoms with E-state index in [-0.39, 0.29) is 29.5 Å². The van der Waals surface area contributed by atoms with E-state index in [2.05, 4.69) is 25.8 Å². The number of hydrogen-bond donors (Lipinski definition) is 3. The average molecular weight is 743 g/mol. The summed E-state index contributed by atoms with van der Waals surface area (Å²) in [4.78, 5) is 36.7. The number of hydrogen-bond acceptors (Lipinski definition) is 7. The number of nitrogens with zero attached hydrogens (tertiary/aromatic N) is 4. The molecule has 0 radical (unpaired) electrons. The highest BCUT2D eigenvalue weighted by atomic mass is 35.5. The average Bonchev–Trinajstić information content (AvgIpc) is 3.72. The lowest BCUT2D eigenvalue weighted by atomic mass is 10.0. The molecule has 2 amide bonds. The lowest BCUT2D eigenvalue weighted by molar-refractivity contribution is -0.119. The van der Waals surface area contributed by atoms with Crippen LogP contribution in [-0.2, 0) is 37.9 Å². The second kappa shape index (κ2) is 15.4. The molecule has 5 aromatic rings. The molecule has 0 aliphatic carbocycles. The first kappa shape index (κ1) is 35.6. The predicted octanol–water partition coefficient (Wildman–Crippen LogP) is 6.78. The van der Waals surface area contributed by atoms with Gasteiger partial charge in [0.25, 0.3) is 5.91 Å². The molecule has 2 aliphatic heterocycles. The van der Waals surface area contributed by atoms with Crippen LogP contribution >= 0.6 is 23.2 Å². The van der Waals surface area contributed by atoms with E-state index in [0.29, 0.717) is 70.9 Å². The van der Waals surface area contributed by atoms with Crippen molar-refractivity contribution in [1.29, 1.82) is 0 Å². The first-order valence-electron chi connectivity index (χ1n) is 17.1. The molecular formula is C39H38Cl2FN7O3. The number of pyridine rings is 1. The number of rotatable bonds is 11. The molecule has 4 heterocycles. The van der Waals surface area contributed by atoms with E-state index in [1.54, 1.807) is 37.6 Å². The Kier molecular flexibility index (Phi) is 10.6. The molecule has 10 nitrogen and oxygen atoms in total. The highest BCUT2D eigenvalue weighted by molar-refractivity contribution is 6.39. The van der Waals surface area contributed by atoms with Gasteiger partial charge >= 0.3 is 0 Å². The van der Waals surface area contributed by atoms with Gasteiger partial charge in [-0.25, -0.2) is 9.37 Å². The zero-order chi connectivity index (χ0) is 36.4. The van der Waals surface area contributed by atoms with Crippen molar-refractivity contribution in [2.75, 3.05) is 25.5 Å². The van der Waals surface area contributed by atoms with E-state index in [4.69, 9.17) is 32.9 Å². The van der Waals surface area contributed by atoms with E-state index in [1.165, 1.54) is 12.1 Å². The molecule has 268 valence electrons. The van der Waals surface area contributed by atoms with Gasteiger partial charge in [0.15, 0.2) is 5.82 Å².